The Morgan fingerprint density at radius 3 is 2.50 bits per heavy atom. The number of hydrogen-bond acceptors (Lipinski definition) is 4. The van der Waals surface area contributed by atoms with E-state index in [4.69, 9.17) is 0 Å². The van der Waals surface area contributed by atoms with Crippen LogP contribution in [0.25, 0.3) is 0 Å². The van der Waals surface area contributed by atoms with Gasteiger partial charge in [0.25, 0.3) is 0 Å². The summed E-state index contributed by atoms with van der Waals surface area (Å²) in [6.45, 7) is 0.414. The molecule has 22 heavy (non-hydrogen) atoms. The van der Waals surface area contributed by atoms with Gasteiger partial charge in [-0.25, -0.2) is 8.78 Å². The molecule has 1 aliphatic rings. The first-order chi connectivity index (χ1) is 10.6. The first-order valence-electron chi connectivity index (χ1n) is 6.82. The molecule has 0 aliphatic carbocycles. The fraction of sp³-hybridized carbons (Fsp3) is 0.188. The van der Waals surface area contributed by atoms with E-state index in [1.807, 2.05) is 0 Å². The third kappa shape index (κ3) is 2.70. The van der Waals surface area contributed by atoms with E-state index in [0.29, 0.717) is 12.2 Å². The van der Waals surface area contributed by atoms with Gasteiger partial charge in [-0.05, 0) is 23.8 Å². The molecule has 0 fully saturated rings. The maximum atomic E-state index is 14.2. The van der Waals surface area contributed by atoms with Crippen molar-refractivity contribution in [2.75, 3.05) is 13.2 Å². The van der Waals surface area contributed by atoms with Crippen LogP contribution in [0.1, 0.15) is 11.1 Å². The van der Waals surface area contributed by atoms with Crippen molar-refractivity contribution in [2.45, 2.75) is 5.60 Å². The summed E-state index contributed by atoms with van der Waals surface area (Å²) in [5.41, 5.74) is 1.79. The van der Waals surface area contributed by atoms with Gasteiger partial charge in [0, 0.05) is 5.56 Å². The maximum absolute atomic E-state index is 14.2. The molecule has 4 nitrogen and oxygen atoms in total. The SMILES string of the molecule is OC(CN1CN=CN1)(c1ccc(F)cc1)c1ccccc1F. The topological polar surface area (TPSA) is 47.9 Å². The standard InChI is InChI=1S/C16H15F2N3O/c17-13-7-5-12(6-8-13)16(22,9-21-11-19-10-20-21)14-3-1-2-4-15(14)18/h1-8,10,22H,9,11H2,(H,19,20). The fourth-order valence-electron chi connectivity index (χ4n) is 2.53. The number of nitrogens with zero attached hydrogens (tertiary/aromatic N) is 2. The van der Waals surface area contributed by atoms with Gasteiger partial charge >= 0.3 is 0 Å². The van der Waals surface area contributed by atoms with Gasteiger partial charge in [-0.2, -0.15) is 5.01 Å². The van der Waals surface area contributed by atoms with Crippen LogP contribution in [0.3, 0.4) is 0 Å². The van der Waals surface area contributed by atoms with Crippen LogP contribution in [-0.2, 0) is 5.60 Å². The molecule has 0 bridgehead atoms. The fourth-order valence-corrected chi connectivity index (χ4v) is 2.53. The molecule has 3 rings (SSSR count). The third-order valence-electron chi connectivity index (χ3n) is 3.64. The first-order valence-corrected chi connectivity index (χ1v) is 6.82. The van der Waals surface area contributed by atoms with Gasteiger partial charge in [-0.3, -0.25) is 4.99 Å². The number of hydrogen-bond donors (Lipinski definition) is 2. The Balaban J connectivity index is 2.04. The van der Waals surface area contributed by atoms with Gasteiger partial charge < -0.3 is 10.5 Å². The molecular formula is C16H15F2N3O. The van der Waals surface area contributed by atoms with Gasteiger partial charge in [-0.1, -0.05) is 30.3 Å². The number of aliphatic imine (C=N–C) groups is 1. The highest BCUT2D eigenvalue weighted by Crippen LogP contribution is 2.32. The zero-order valence-corrected chi connectivity index (χ0v) is 11.7. The molecule has 2 aromatic rings. The Labute approximate surface area is 126 Å². The predicted molar refractivity (Wildman–Crippen MR) is 79.0 cm³/mol. The molecule has 2 aromatic carbocycles. The van der Waals surface area contributed by atoms with Gasteiger partial charge in [0.15, 0.2) is 0 Å². The van der Waals surface area contributed by atoms with Crippen molar-refractivity contribution in [3.05, 3.63) is 71.3 Å². The summed E-state index contributed by atoms with van der Waals surface area (Å²) >= 11 is 0. The normalized spacial score (nSPS) is 17.2. The van der Waals surface area contributed by atoms with E-state index in [2.05, 4.69) is 10.4 Å². The number of aliphatic hydroxyl groups is 1. The highest BCUT2D eigenvalue weighted by molar-refractivity contribution is 5.55. The molecule has 0 spiro atoms. The number of halogens is 2. The van der Waals surface area contributed by atoms with E-state index in [9.17, 15) is 13.9 Å². The zero-order chi connectivity index (χ0) is 15.6. The second-order valence-electron chi connectivity index (χ2n) is 5.13. The van der Waals surface area contributed by atoms with Gasteiger partial charge in [0.2, 0.25) is 0 Å². The van der Waals surface area contributed by atoms with E-state index >= 15 is 0 Å². The Bertz CT molecular complexity index is 682. The summed E-state index contributed by atoms with van der Waals surface area (Å²) in [4.78, 5) is 4.00. The lowest BCUT2D eigenvalue weighted by Crippen LogP contribution is -2.45. The van der Waals surface area contributed by atoms with Gasteiger partial charge in [0.05, 0.1) is 12.9 Å². The van der Waals surface area contributed by atoms with Crippen LogP contribution in [0.4, 0.5) is 8.78 Å². The lowest BCUT2D eigenvalue weighted by atomic mass is 9.85. The first kappa shape index (κ1) is 14.6. The molecule has 2 N–H and O–H groups in total. The largest absolute Gasteiger partial charge is 0.379 e. The molecule has 1 heterocycles. The van der Waals surface area contributed by atoms with E-state index in [-0.39, 0.29) is 12.1 Å². The van der Waals surface area contributed by atoms with Gasteiger partial charge in [-0.15, -0.1) is 0 Å². The Morgan fingerprint density at radius 1 is 1.14 bits per heavy atom. The van der Waals surface area contributed by atoms with Crippen molar-refractivity contribution in [2.24, 2.45) is 4.99 Å². The Hall–Kier alpha value is -2.31. The van der Waals surface area contributed by atoms with Crippen LogP contribution >= 0.6 is 0 Å². The minimum absolute atomic E-state index is 0.0690. The lowest BCUT2D eigenvalue weighted by molar-refractivity contribution is 0.0283. The van der Waals surface area contributed by atoms with Crippen LogP contribution in [0.15, 0.2) is 53.5 Å². The molecule has 0 amide bonds. The summed E-state index contributed by atoms with van der Waals surface area (Å²) in [7, 11) is 0. The number of β-amino-alcohol motifs (C(OH)–C–C–N with tert-alkyl or cyclic N) is 1. The molecule has 114 valence electrons. The van der Waals surface area contributed by atoms with E-state index in [1.54, 1.807) is 17.1 Å². The molecule has 1 unspecified atom stereocenters. The number of rotatable bonds is 4. The molecule has 0 saturated heterocycles. The number of nitrogens with one attached hydrogen (secondary N) is 1. The average molecular weight is 303 g/mol. The summed E-state index contributed by atoms with van der Waals surface area (Å²) in [5, 5.41) is 12.8. The van der Waals surface area contributed by atoms with Crippen molar-refractivity contribution in [1.29, 1.82) is 0 Å². The second kappa shape index (κ2) is 5.82. The van der Waals surface area contributed by atoms with E-state index in [1.165, 1.54) is 42.7 Å². The molecular weight excluding hydrogens is 288 g/mol. The third-order valence-corrected chi connectivity index (χ3v) is 3.64. The zero-order valence-electron chi connectivity index (χ0n) is 11.7. The summed E-state index contributed by atoms with van der Waals surface area (Å²) < 4.78 is 27.4. The number of benzene rings is 2. The smallest absolute Gasteiger partial charge is 0.132 e. The average Bonchev–Trinajstić information content (AvgIpc) is 3.01. The predicted octanol–water partition coefficient (Wildman–Crippen LogP) is 2.01. The van der Waals surface area contributed by atoms with Crippen molar-refractivity contribution < 1.29 is 13.9 Å². The molecule has 6 heteroatoms. The Morgan fingerprint density at radius 2 is 1.86 bits per heavy atom. The minimum atomic E-state index is -1.63. The molecule has 0 aromatic heterocycles. The summed E-state index contributed by atoms with van der Waals surface area (Å²) in [5.74, 6) is -0.934. The van der Waals surface area contributed by atoms with Gasteiger partial charge in [0.1, 0.15) is 23.9 Å². The quantitative estimate of drug-likeness (QED) is 0.908. The van der Waals surface area contributed by atoms with Crippen LogP contribution in [0, 0.1) is 11.6 Å². The van der Waals surface area contributed by atoms with Crippen molar-refractivity contribution in [1.82, 2.24) is 10.4 Å². The van der Waals surface area contributed by atoms with Crippen molar-refractivity contribution >= 4 is 6.34 Å². The van der Waals surface area contributed by atoms with Crippen LogP contribution in [0.2, 0.25) is 0 Å². The van der Waals surface area contributed by atoms with Crippen LogP contribution in [0.5, 0.6) is 0 Å². The van der Waals surface area contributed by atoms with Crippen LogP contribution in [-0.4, -0.2) is 29.7 Å². The highest BCUT2D eigenvalue weighted by Gasteiger charge is 2.36. The molecule has 1 atom stereocenters. The Kier molecular flexibility index (Phi) is 3.87. The minimum Gasteiger partial charge on any atom is -0.379 e. The van der Waals surface area contributed by atoms with E-state index < -0.39 is 17.2 Å². The lowest BCUT2D eigenvalue weighted by Gasteiger charge is -2.33. The summed E-state index contributed by atoms with van der Waals surface area (Å²) in [6, 6.07) is 11.4. The van der Waals surface area contributed by atoms with Crippen LogP contribution < -0.4 is 5.43 Å². The number of hydrazine groups is 1. The maximum Gasteiger partial charge on any atom is 0.132 e. The molecule has 0 saturated carbocycles. The van der Waals surface area contributed by atoms with E-state index in [0.717, 1.165) is 0 Å². The molecule has 1 aliphatic heterocycles. The second-order valence-corrected chi connectivity index (χ2v) is 5.13. The monoisotopic (exact) mass is 303 g/mol. The van der Waals surface area contributed by atoms with Crippen molar-refractivity contribution in [3.63, 3.8) is 0 Å². The molecule has 0 radical (unpaired) electrons. The van der Waals surface area contributed by atoms with Crippen molar-refractivity contribution in [3.8, 4) is 0 Å². The summed E-state index contributed by atoms with van der Waals surface area (Å²) in [6.07, 6.45) is 1.51. The highest BCUT2D eigenvalue weighted by atomic mass is 19.1.